The maximum atomic E-state index is 11.7. The monoisotopic (exact) mass is 239 g/mol. The van der Waals surface area contributed by atoms with Gasteiger partial charge in [0.1, 0.15) is 12.4 Å². The normalized spacial score (nSPS) is 12.4. The molecule has 0 saturated carbocycles. The van der Waals surface area contributed by atoms with Crippen LogP contribution in [0.15, 0.2) is 17.1 Å². The molecule has 96 valence electrons. The van der Waals surface area contributed by atoms with Crippen molar-refractivity contribution < 1.29 is 4.74 Å². The first kappa shape index (κ1) is 13.7. The molecular formula is C12H21N3O2. The Hall–Kier alpha value is -1.36. The van der Waals surface area contributed by atoms with Gasteiger partial charge >= 0.3 is 0 Å². The largest absolute Gasteiger partial charge is 0.490 e. The summed E-state index contributed by atoms with van der Waals surface area (Å²) in [5.74, 6) is 0.945. The van der Waals surface area contributed by atoms with Gasteiger partial charge in [0.15, 0.2) is 0 Å². The van der Waals surface area contributed by atoms with Crippen LogP contribution in [0.4, 0.5) is 0 Å². The molecule has 1 aromatic rings. The molecule has 1 heterocycles. The second kappa shape index (κ2) is 7.06. The average Bonchev–Trinajstić information content (AvgIpc) is 2.30. The molecule has 5 nitrogen and oxygen atoms in total. The Morgan fingerprint density at radius 1 is 1.59 bits per heavy atom. The number of hydrogen-bond donors (Lipinski definition) is 1. The van der Waals surface area contributed by atoms with Crippen LogP contribution in [0.5, 0.6) is 5.75 Å². The second-order valence-electron chi connectivity index (χ2n) is 4.24. The van der Waals surface area contributed by atoms with Gasteiger partial charge in [0.05, 0.1) is 6.20 Å². The number of hydrogen-bond acceptors (Lipinski definition) is 4. The third-order valence-electron chi connectivity index (χ3n) is 2.50. The fourth-order valence-corrected chi connectivity index (χ4v) is 1.69. The van der Waals surface area contributed by atoms with Gasteiger partial charge in [-0.15, -0.1) is 0 Å². The molecule has 17 heavy (non-hydrogen) atoms. The number of aromatic nitrogens is 2. The molecule has 0 aliphatic heterocycles. The quantitative estimate of drug-likeness (QED) is 0.771. The molecule has 0 amide bonds. The minimum atomic E-state index is -0.123. The second-order valence-corrected chi connectivity index (χ2v) is 4.24. The smallest absolute Gasteiger partial charge is 0.270 e. The van der Waals surface area contributed by atoms with Gasteiger partial charge in [-0.25, -0.2) is 4.68 Å². The summed E-state index contributed by atoms with van der Waals surface area (Å²) < 4.78 is 6.72. The van der Waals surface area contributed by atoms with E-state index >= 15 is 0 Å². The third-order valence-corrected chi connectivity index (χ3v) is 2.50. The zero-order valence-corrected chi connectivity index (χ0v) is 10.6. The first-order valence-corrected chi connectivity index (χ1v) is 6.07. The lowest BCUT2D eigenvalue weighted by Crippen LogP contribution is -2.25. The average molecular weight is 239 g/mol. The minimum Gasteiger partial charge on any atom is -0.490 e. The fourth-order valence-electron chi connectivity index (χ4n) is 1.69. The zero-order chi connectivity index (χ0) is 12.7. The highest BCUT2D eigenvalue weighted by Crippen LogP contribution is 2.07. The van der Waals surface area contributed by atoms with Crippen molar-refractivity contribution in [3.05, 3.63) is 22.6 Å². The Morgan fingerprint density at radius 3 is 2.94 bits per heavy atom. The van der Waals surface area contributed by atoms with E-state index in [1.54, 1.807) is 6.20 Å². The molecule has 1 atom stereocenters. The van der Waals surface area contributed by atoms with E-state index in [0.29, 0.717) is 31.4 Å². The van der Waals surface area contributed by atoms with Crippen molar-refractivity contribution >= 4 is 0 Å². The van der Waals surface area contributed by atoms with Gasteiger partial charge in [-0.3, -0.25) is 4.79 Å². The zero-order valence-electron chi connectivity index (χ0n) is 10.6. The highest BCUT2D eigenvalue weighted by Gasteiger charge is 2.05. The van der Waals surface area contributed by atoms with Crippen LogP contribution in [-0.4, -0.2) is 22.9 Å². The molecule has 0 radical (unpaired) electrons. The first-order valence-electron chi connectivity index (χ1n) is 6.07. The summed E-state index contributed by atoms with van der Waals surface area (Å²) in [6, 6.07) is 1.46. The molecule has 0 bridgehead atoms. The van der Waals surface area contributed by atoms with Crippen molar-refractivity contribution in [1.29, 1.82) is 0 Å². The molecular weight excluding hydrogens is 218 g/mol. The van der Waals surface area contributed by atoms with Crippen molar-refractivity contribution in [3.8, 4) is 5.75 Å². The summed E-state index contributed by atoms with van der Waals surface area (Å²) in [5, 5.41) is 4.09. The molecule has 1 aromatic heterocycles. The molecule has 0 aliphatic carbocycles. The van der Waals surface area contributed by atoms with Crippen LogP contribution in [0.3, 0.4) is 0 Å². The van der Waals surface area contributed by atoms with Crippen molar-refractivity contribution in [2.45, 2.75) is 33.2 Å². The first-order chi connectivity index (χ1) is 8.17. The van der Waals surface area contributed by atoms with Gasteiger partial charge in [0, 0.05) is 19.2 Å². The van der Waals surface area contributed by atoms with Gasteiger partial charge in [0.2, 0.25) is 0 Å². The van der Waals surface area contributed by atoms with Crippen LogP contribution in [-0.2, 0) is 6.54 Å². The van der Waals surface area contributed by atoms with Gasteiger partial charge in [-0.1, -0.05) is 20.3 Å². The van der Waals surface area contributed by atoms with Crippen LogP contribution >= 0.6 is 0 Å². The molecule has 0 fully saturated rings. The molecule has 5 heteroatoms. The molecule has 0 saturated heterocycles. The van der Waals surface area contributed by atoms with Crippen LogP contribution in [0.25, 0.3) is 0 Å². The maximum Gasteiger partial charge on any atom is 0.270 e. The Morgan fingerprint density at radius 2 is 2.35 bits per heavy atom. The van der Waals surface area contributed by atoms with Gasteiger partial charge in [-0.2, -0.15) is 5.10 Å². The van der Waals surface area contributed by atoms with Gasteiger partial charge in [0.25, 0.3) is 5.56 Å². The Labute approximate surface area is 102 Å². The number of nitrogens with two attached hydrogens (primary N) is 1. The lowest BCUT2D eigenvalue weighted by atomic mass is 10.1. The lowest BCUT2D eigenvalue weighted by Gasteiger charge is -2.11. The third kappa shape index (κ3) is 4.56. The summed E-state index contributed by atoms with van der Waals surface area (Å²) in [5.41, 5.74) is 5.19. The lowest BCUT2D eigenvalue weighted by molar-refractivity contribution is 0.321. The molecule has 0 spiro atoms. The standard InChI is InChI=1S/C12H21N3O2/c1-3-4-10(2)9-15-12(16)7-11(8-14-15)17-6-5-13/h7-8,10H,3-6,9,13H2,1-2H3. The number of ether oxygens (including phenoxy) is 1. The van der Waals surface area contributed by atoms with E-state index in [4.69, 9.17) is 10.5 Å². The maximum absolute atomic E-state index is 11.7. The molecule has 1 unspecified atom stereocenters. The van der Waals surface area contributed by atoms with E-state index < -0.39 is 0 Å². The van der Waals surface area contributed by atoms with E-state index in [-0.39, 0.29) is 5.56 Å². The molecule has 0 aliphatic rings. The van der Waals surface area contributed by atoms with Crippen molar-refractivity contribution in [2.75, 3.05) is 13.2 Å². The van der Waals surface area contributed by atoms with E-state index in [2.05, 4.69) is 18.9 Å². The van der Waals surface area contributed by atoms with Crippen LogP contribution in [0.1, 0.15) is 26.7 Å². The number of rotatable bonds is 7. The molecule has 2 N–H and O–H groups in total. The number of nitrogens with zero attached hydrogens (tertiary/aromatic N) is 2. The summed E-state index contributed by atoms with van der Waals surface area (Å²) in [6.45, 7) is 5.74. The van der Waals surface area contributed by atoms with Crippen molar-refractivity contribution in [2.24, 2.45) is 11.7 Å². The Balaban J connectivity index is 2.66. The van der Waals surface area contributed by atoms with Crippen molar-refractivity contribution in [3.63, 3.8) is 0 Å². The van der Waals surface area contributed by atoms with E-state index in [1.165, 1.54) is 10.7 Å². The Bertz CT molecular complexity index is 390. The van der Waals surface area contributed by atoms with Crippen molar-refractivity contribution in [1.82, 2.24) is 9.78 Å². The summed E-state index contributed by atoms with van der Waals surface area (Å²) in [6.07, 6.45) is 3.78. The predicted molar refractivity (Wildman–Crippen MR) is 67.1 cm³/mol. The molecule has 1 rings (SSSR count). The SMILES string of the molecule is CCCC(C)Cn1ncc(OCCN)cc1=O. The topological polar surface area (TPSA) is 70.1 Å². The highest BCUT2D eigenvalue weighted by atomic mass is 16.5. The Kier molecular flexibility index (Phi) is 5.69. The highest BCUT2D eigenvalue weighted by molar-refractivity contribution is 5.13. The van der Waals surface area contributed by atoms with Crippen LogP contribution < -0.4 is 16.0 Å². The molecule has 0 aromatic carbocycles. The predicted octanol–water partition coefficient (Wildman–Crippen LogP) is 1.02. The van der Waals surface area contributed by atoms with E-state index in [1.807, 2.05) is 0 Å². The van der Waals surface area contributed by atoms with Gasteiger partial charge < -0.3 is 10.5 Å². The van der Waals surface area contributed by atoms with E-state index in [0.717, 1.165) is 12.8 Å². The van der Waals surface area contributed by atoms with Gasteiger partial charge in [-0.05, 0) is 12.3 Å². The fraction of sp³-hybridized carbons (Fsp3) is 0.667. The summed E-state index contributed by atoms with van der Waals surface area (Å²) >= 11 is 0. The van der Waals surface area contributed by atoms with Crippen LogP contribution in [0.2, 0.25) is 0 Å². The summed E-state index contributed by atoms with van der Waals surface area (Å²) in [4.78, 5) is 11.7. The minimum absolute atomic E-state index is 0.123. The van der Waals surface area contributed by atoms with Crippen LogP contribution in [0, 0.1) is 5.92 Å². The van der Waals surface area contributed by atoms with E-state index in [9.17, 15) is 4.79 Å². The summed E-state index contributed by atoms with van der Waals surface area (Å²) in [7, 11) is 0.